The monoisotopic (exact) mass is 251 g/mol. The SMILES string of the molecule is CC(C)C(CO)Nc1cc2[nH]c(=O)oc2cc1N. The average Bonchev–Trinajstić information content (AvgIpc) is 2.64. The van der Waals surface area contributed by atoms with Gasteiger partial charge in [-0.3, -0.25) is 4.98 Å². The summed E-state index contributed by atoms with van der Waals surface area (Å²) in [7, 11) is 0. The van der Waals surface area contributed by atoms with E-state index in [4.69, 9.17) is 10.2 Å². The molecule has 1 aromatic heterocycles. The number of hydrogen-bond acceptors (Lipinski definition) is 5. The van der Waals surface area contributed by atoms with Gasteiger partial charge in [0.25, 0.3) is 0 Å². The molecule has 6 heteroatoms. The lowest BCUT2D eigenvalue weighted by atomic mass is 10.0. The fourth-order valence-corrected chi connectivity index (χ4v) is 1.76. The summed E-state index contributed by atoms with van der Waals surface area (Å²) < 4.78 is 4.91. The minimum Gasteiger partial charge on any atom is -0.408 e. The summed E-state index contributed by atoms with van der Waals surface area (Å²) in [5, 5.41) is 12.4. The summed E-state index contributed by atoms with van der Waals surface area (Å²) in [6, 6.07) is 3.20. The van der Waals surface area contributed by atoms with Crippen LogP contribution in [0.4, 0.5) is 11.4 Å². The van der Waals surface area contributed by atoms with Crippen LogP contribution in [0, 0.1) is 5.92 Å². The molecule has 1 aromatic carbocycles. The van der Waals surface area contributed by atoms with Crippen LogP contribution in [0.2, 0.25) is 0 Å². The van der Waals surface area contributed by atoms with Crippen molar-refractivity contribution < 1.29 is 9.52 Å². The zero-order valence-electron chi connectivity index (χ0n) is 10.4. The Labute approximate surface area is 104 Å². The van der Waals surface area contributed by atoms with Crippen LogP contribution in [-0.2, 0) is 0 Å². The molecule has 98 valence electrons. The van der Waals surface area contributed by atoms with E-state index < -0.39 is 5.76 Å². The Hall–Kier alpha value is -1.95. The molecule has 0 spiro atoms. The highest BCUT2D eigenvalue weighted by Crippen LogP contribution is 2.25. The smallest absolute Gasteiger partial charge is 0.408 e. The zero-order valence-corrected chi connectivity index (χ0v) is 10.4. The molecule has 2 rings (SSSR count). The Morgan fingerprint density at radius 2 is 2.22 bits per heavy atom. The molecule has 18 heavy (non-hydrogen) atoms. The first kappa shape index (κ1) is 12.5. The lowest BCUT2D eigenvalue weighted by molar-refractivity contribution is 0.249. The number of H-pyrrole nitrogens is 1. The van der Waals surface area contributed by atoms with Crippen LogP contribution in [0.15, 0.2) is 21.3 Å². The van der Waals surface area contributed by atoms with E-state index in [9.17, 15) is 9.90 Å². The van der Waals surface area contributed by atoms with E-state index in [1.165, 1.54) is 0 Å². The van der Waals surface area contributed by atoms with Crippen molar-refractivity contribution in [1.29, 1.82) is 0 Å². The molecule has 0 amide bonds. The van der Waals surface area contributed by atoms with Crippen molar-refractivity contribution in [3.63, 3.8) is 0 Å². The minimum atomic E-state index is -0.510. The molecular weight excluding hydrogens is 234 g/mol. The third-order valence-corrected chi connectivity index (χ3v) is 2.93. The fourth-order valence-electron chi connectivity index (χ4n) is 1.76. The number of anilines is 2. The van der Waals surface area contributed by atoms with Crippen molar-refractivity contribution in [2.75, 3.05) is 17.7 Å². The van der Waals surface area contributed by atoms with Gasteiger partial charge in [-0.25, -0.2) is 4.79 Å². The second-order valence-electron chi connectivity index (χ2n) is 4.63. The molecule has 0 aliphatic carbocycles. The molecule has 2 aromatic rings. The van der Waals surface area contributed by atoms with Gasteiger partial charge in [-0.05, 0) is 12.0 Å². The van der Waals surface area contributed by atoms with Crippen molar-refractivity contribution in [3.05, 3.63) is 22.7 Å². The van der Waals surface area contributed by atoms with E-state index in [2.05, 4.69) is 10.3 Å². The maximum Gasteiger partial charge on any atom is 0.417 e. The lowest BCUT2D eigenvalue weighted by Gasteiger charge is -2.22. The Kier molecular flexibility index (Phi) is 3.29. The normalized spacial score (nSPS) is 13.1. The molecular formula is C12H17N3O3. The van der Waals surface area contributed by atoms with Crippen LogP contribution in [0.1, 0.15) is 13.8 Å². The average molecular weight is 251 g/mol. The molecule has 0 aliphatic rings. The number of aromatic nitrogens is 1. The maximum atomic E-state index is 11.1. The summed E-state index contributed by atoms with van der Waals surface area (Å²) >= 11 is 0. The fraction of sp³-hybridized carbons (Fsp3) is 0.417. The van der Waals surface area contributed by atoms with Crippen LogP contribution >= 0.6 is 0 Å². The number of benzene rings is 1. The number of nitrogens with two attached hydrogens (primary N) is 1. The topological polar surface area (TPSA) is 104 Å². The molecule has 0 saturated heterocycles. The predicted molar refractivity (Wildman–Crippen MR) is 70.6 cm³/mol. The molecule has 6 nitrogen and oxygen atoms in total. The van der Waals surface area contributed by atoms with E-state index >= 15 is 0 Å². The van der Waals surface area contributed by atoms with Gasteiger partial charge in [-0.15, -0.1) is 0 Å². The van der Waals surface area contributed by atoms with Crippen LogP contribution < -0.4 is 16.8 Å². The first-order chi connectivity index (χ1) is 8.51. The van der Waals surface area contributed by atoms with Gasteiger partial charge in [-0.1, -0.05) is 13.8 Å². The van der Waals surface area contributed by atoms with Gasteiger partial charge >= 0.3 is 5.76 Å². The van der Waals surface area contributed by atoms with E-state index in [-0.39, 0.29) is 18.6 Å². The summed E-state index contributed by atoms with van der Waals surface area (Å²) in [4.78, 5) is 13.6. The lowest BCUT2D eigenvalue weighted by Crippen LogP contribution is -2.29. The number of aliphatic hydroxyl groups is 1. The van der Waals surface area contributed by atoms with E-state index in [0.717, 1.165) is 0 Å². The Morgan fingerprint density at radius 1 is 1.50 bits per heavy atom. The number of nitrogen functional groups attached to an aromatic ring is 1. The van der Waals surface area contributed by atoms with E-state index in [1.807, 2.05) is 13.8 Å². The summed E-state index contributed by atoms with van der Waals surface area (Å²) in [5.41, 5.74) is 8.03. The second kappa shape index (κ2) is 4.73. The van der Waals surface area contributed by atoms with Gasteiger partial charge in [0.15, 0.2) is 5.58 Å². The quantitative estimate of drug-likeness (QED) is 0.610. The summed E-state index contributed by atoms with van der Waals surface area (Å²) in [6.45, 7) is 4.02. The highest BCUT2D eigenvalue weighted by molar-refractivity contribution is 5.85. The van der Waals surface area contributed by atoms with Crippen LogP contribution in [0.5, 0.6) is 0 Å². The van der Waals surface area contributed by atoms with Crippen molar-refractivity contribution in [3.8, 4) is 0 Å². The molecule has 0 radical (unpaired) electrons. The Bertz CT molecular complexity index is 600. The molecule has 1 heterocycles. The number of fused-ring (bicyclic) bond motifs is 1. The highest BCUT2D eigenvalue weighted by atomic mass is 16.4. The predicted octanol–water partition coefficient (Wildman–Crippen LogP) is 1.13. The first-order valence-electron chi connectivity index (χ1n) is 5.81. The van der Waals surface area contributed by atoms with Crippen molar-refractivity contribution >= 4 is 22.5 Å². The summed E-state index contributed by atoms with van der Waals surface area (Å²) in [5.74, 6) is -0.252. The van der Waals surface area contributed by atoms with E-state index in [0.29, 0.717) is 22.5 Å². The molecule has 0 fully saturated rings. The van der Waals surface area contributed by atoms with Crippen LogP contribution in [0.25, 0.3) is 11.1 Å². The largest absolute Gasteiger partial charge is 0.417 e. The third kappa shape index (κ3) is 2.33. The van der Waals surface area contributed by atoms with Crippen molar-refractivity contribution in [1.82, 2.24) is 4.98 Å². The third-order valence-electron chi connectivity index (χ3n) is 2.93. The van der Waals surface area contributed by atoms with Crippen LogP contribution in [-0.4, -0.2) is 22.7 Å². The number of oxazole rings is 1. The van der Waals surface area contributed by atoms with Gasteiger partial charge < -0.3 is 20.6 Å². The van der Waals surface area contributed by atoms with Gasteiger partial charge in [0.2, 0.25) is 0 Å². The Balaban J connectivity index is 2.38. The summed E-state index contributed by atoms with van der Waals surface area (Å²) in [6.07, 6.45) is 0. The van der Waals surface area contributed by atoms with Crippen LogP contribution in [0.3, 0.4) is 0 Å². The van der Waals surface area contributed by atoms with Crippen molar-refractivity contribution in [2.24, 2.45) is 5.92 Å². The molecule has 0 bridgehead atoms. The number of hydrogen-bond donors (Lipinski definition) is 4. The van der Waals surface area contributed by atoms with Gasteiger partial charge in [0.1, 0.15) is 0 Å². The van der Waals surface area contributed by atoms with Gasteiger partial charge in [0.05, 0.1) is 29.5 Å². The Morgan fingerprint density at radius 3 is 2.83 bits per heavy atom. The second-order valence-corrected chi connectivity index (χ2v) is 4.63. The molecule has 0 aliphatic heterocycles. The van der Waals surface area contributed by atoms with Gasteiger partial charge in [-0.2, -0.15) is 0 Å². The molecule has 1 atom stereocenters. The van der Waals surface area contributed by atoms with Crippen molar-refractivity contribution in [2.45, 2.75) is 19.9 Å². The minimum absolute atomic E-state index is 0.0110. The number of nitrogens with one attached hydrogen (secondary N) is 2. The standard InChI is InChI=1S/C12H17N3O3/c1-6(2)10(5-16)14-8-4-9-11(3-7(8)13)18-12(17)15-9/h3-4,6,10,14,16H,5,13H2,1-2H3,(H,15,17). The number of aliphatic hydroxyl groups excluding tert-OH is 1. The highest BCUT2D eigenvalue weighted by Gasteiger charge is 2.14. The van der Waals surface area contributed by atoms with Gasteiger partial charge in [0, 0.05) is 6.07 Å². The number of aromatic amines is 1. The maximum absolute atomic E-state index is 11.1. The zero-order chi connectivity index (χ0) is 13.3. The number of rotatable bonds is 4. The van der Waals surface area contributed by atoms with E-state index in [1.54, 1.807) is 12.1 Å². The molecule has 0 saturated carbocycles. The first-order valence-corrected chi connectivity index (χ1v) is 5.81. The molecule has 5 N–H and O–H groups in total. The molecule has 1 unspecified atom stereocenters.